The van der Waals surface area contributed by atoms with E-state index in [1.807, 2.05) is 19.2 Å². The monoisotopic (exact) mass is 395 g/mol. The Kier molecular flexibility index (Phi) is 3.01. The van der Waals surface area contributed by atoms with Crippen LogP contribution in [-0.4, -0.2) is 24.5 Å². The summed E-state index contributed by atoms with van der Waals surface area (Å²) in [4.78, 5) is 18.7. The van der Waals surface area contributed by atoms with Crippen molar-refractivity contribution in [2.24, 2.45) is 0 Å². The molecule has 5 rings (SSSR count). The number of aromatic nitrogens is 1. The number of aromatic amines is 1. The van der Waals surface area contributed by atoms with E-state index in [1.165, 1.54) is 16.5 Å². The Balaban J connectivity index is 1.87. The fourth-order valence-corrected chi connectivity index (χ4v) is 4.76. The average molecular weight is 396 g/mol. The van der Waals surface area contributed by atoms with Crippen molar-refractivity contribution >= 4 is 38.4 Å². The van der Waals surface area contributed by atoms with E-state index in [0.29, 0.717) is 0 Å². The van der Waals surface area contributed by atoms with E-state index in [1.54, 1.807) is 4.90 Å². The second kappa shape index (κ2) is 4.96. The third kappa shape index (κ3) is 1.82. The molecule has 25 heavy (non-hydrogen) atoms. The standard InChI is InChI=1S/C20H18BrN3O/c1-11-3-5-16-14(9-11)13-7-8-22-20(18(13)23-16)15-10-12(21)4-6-17(15)24(2)19(20)25/h3-6,9-10,22-23H,7-8H2,1-2H3. The predicted molar refractivity (Wildman–Crippen MR) is 103 cm³/mol. The minimum atomic E-state index is -0.825. The smallest absolute Gasteiger partial charge is 0.257 e. The molecule has 2 aromatic carbocycles. The van der Waals surface area contributed by atoms with Crippen LogP contribution in [0.3, 0.4) is 0 Å². The Morgan fingerprint density at radius 3 is 2.88 bits per heavy atom. The Labute approximate surface area is 154 Å². The minimum Gasteiger partial charge on any atom is -0.356 e. The number of benzene rings is 2. The first kappa shape index (κ1) is 15.2. The molecule has 2 aliphatic rings. The van der Waals surface area contributed by atoms with Crippen molar-refractivity contribution in [1.82, 2.24) is 10.3 Å². The van der Waals surface area contributed by atoms with Gasteiger partial charge in [-0.15, -0.1) is 0 Å². The van der Waals surface area contributed by atoms with Gasteiger partial charge in [0.25, 0.3) is 5.91 Å². The van der Waals surface area contributed by atoms with Gasteiger partial charge in [-0.05, 0) is 49.2 Å². The van der Waals surface area contributed by atoms with Crippen molar-refractivity contribution < 1.29 is 4.79 Å². The lowest BCUT2D eigenvalue weighted by Gasteiger charge is -2.34. The Bertz CT molecular complexity index is 1050. The lowest BCUT2D eigenvalue weighted by Crippen LogP contribution is -2.54. The number of nitrogens with one attached hydrogen (secondary N) is 2. The average Bonchev–Trinajstić information content (AvgIpc) is 3.06. The number of anilines is 1. The number of hydrogen-bond donors (Lipinski definition) is 2. The van der Waals surface area contributed by atoms with Crippen LogP contribution in [-0.2, 0) is 16.8 Å². The molecule has 1 aromatic heterocycles. The van der Waals surface area contributed by atoms with Gasteiger partial charge in [-0.1, -0.05) is 27.6 Å². The summed E-state index contributed by atoms with van der Waals surface area (Å²) in [7, 11) is 1.85. The SMILES string of the molecule is Cc1ccc2[nH]c3c(c2c1)CCNC31C(=O)N(C)c2ccc(Br)cc21. The number of carbonyl (C=O) groups is 1. The van der Waals surface area contributed by atoms with Crippen LogP contribution in [0.4, 0.5) is 5.69 Å². The van der Waals surface area contributed by atoms with Crippen molar-refractivity contribution in [2.75, 3.05) is 18.5 Å². The van der Waals surface area contributed by atoms with Crippen molar-refractivity contribution in [3.63, 3.8) is 0 Å². The highest BCUT2D eigenvalue weighted by Crippen LogP contribution is 2.48. The van der Waals surface area contributed by atoms with Gasteiger partial charge >= 0.3 is 0 Å². The molecule has 3 heterocycles. The second-order valence-corrected chi connectivity index (χ2v) is 7.90. The molecule has 0 bridgehead atoms. The molecule has 126 valence electrons. The summed E-state index contributed by atoms with van der Waals surface area (Å²) in [5.41, 5.74) is 5.73. The van der Waals surface area contributed by atoms with Crippen molar-refractivity contribution in [2.45, 2.75) is 18.9 Å². The largest absolute Gasteiger partial charge is 0.356 e. The van der Waals surface area contributed by atoms with Crippen LogP contribution in [0.25, 0.3) is 10.9 Å². The molecular formula is C20H18BrN3O. The summed E-state index contributed by atoms with van der Waals surface area (Å²) in [6, 6.07) is 12.5. The molecule has 0 radical (unpaired) electrons. The van der Waals surface area contributed by atoms with E-state index in [2.05, 4.69) is 57.4 Å². The zero-order chi connectivity index (χ0) is 17.3. The topological polar surface area (TPSA) is 48.1 Å². The van der Waals surface area contributed by atoms with Gasteiger partial charge in [0, 0.05) is 40.2 Å². The van der Waals surface area contributed by atoms with Gasteiger partial charge in [-0.25, -0.2) is 0 Å². The van der Waals surface area contributed by atoms with Gasteiger partial charge in [0.05, 0.1) is 5.69 Å². The number of halogens is 1. The fraction of sp³-hybridized carbons (Fsp3) is 0.250. The van der Waals surface area contributed by atoms with E-state index < -0.39 is 5.54 Å². The third-order valence-corrected chi connectivity index (χ3v) is 6.04. The number of likely N-dealkylation sites (N-methyl/N-ethyl adjacent to an activating group) is 1. The maximum Gasteiger partial charge on any atom is 0.257 e. The molecule has 0 saturated heterocycles. The number of amides is 1. The third-order valence-electron chi connectivity index (χ3n) is 5.55. The number of rotatable bonds is 0. The molecule has 0 saturated carbocycles. The molecule has 0 fully saturated rings. The van der Waals surface area contributed by atoms with E-state index in [4.69, 9.17) is 0 Å². The molecule has 2 aliphatic heterocycles. The van der Waals surface area contributed by atoms with Crippen LogP contribution in [0.1, 0.15) is 22.4 Å². The maximum atomic E-state index is 13.4. The van der Waals surface area contributed by atoms with Gasteiger partial charge in [-0.2, -0.15) is 0 Å². The number of aryl methyl sites for hydroxylation is 1. The first-order valence-electron chi connectivity index (χ1n) is 8.47. The van der Waals surface area contributed by atoms with E-state index >= 15 is 0 Å². The van der Waals surface area contributed by atoms with Gasteiger partial charge in [0.2, 0.25) is 0 Å². The van der Waals surface area contributed by atoms with Crippen LogP contribution in [0.5, 0.6) is 0 Å². The Morgan fingerprint density at radius 2 is 2.04 bits per heavy atom. The summed E-state index contributed by atoms with van der Waals surface area (Å²) < 4.78 is 0.981. The summed E-state index contributed by atoms with van der Waals surface area (Å²) in [5.74, 6) is 0.0739. The minimum absolute atomic E-state index is 0.0739. The van der Waals surface area contributed by atoms with Gasteiger partial charge in [0.15, 0.2) is 5.54 Å². The number of fused-ring (bicyclic) bond motifs is 6. The van der Waals surface area contributed by atoms with Crippen molar-refractivity contribution in [3.05, 3.63) is 63.3 Å². The number of H-pyrrole nitrogens is 1. The van der Waals surface area contributed by atoms with Crippen LogP contribution < -0.4 is 10.2 Å². The van der Waals surface area contributed by atoms with Gasteiger partial charge in [-0.3, -0.25) is 10.1 Å². The zero-order valence-corrected chi connectivity index (χ0v) is 15.7. The first-order valence-corrected chi connectivity index (χ1v) is 9.26. The predicted octanol–water partition coefficient (Wildman–Crippen LogP) is 3.60. The van der Waals surface area contributed by atoms with E-state index in [9.17, 15) is 4.79 Å². The van der Waals surface area contributed by atoms with E-state index in [-0.39, 0.29) is 5.91 Å². The molecule has 5 heteroatoms. The lowest BCUT2D eigenvalue weighted by atomic mass is 9.82. The highest BCUT2D eigenvalue weighted by Gasteiger charge is 2.54. The van der Waals surface area contributed by atoms with Gasteiger partial charge < -0.3 is 9.88 Å². The first-order chi connectivity index (χ1) is 12.0. The van der Waals surface area contributed by atoms with Crippen LogP contribution in [0, 0.1) is 6.92 Å². The molecule has 2 N–H and O–H groups in total. The lowest BCUT2D eigenvalue weighted by molar-refractivity contribution is -0.122. The molecule has 0 aliphatic carbocycles. The fourth-order valence-electron chi connectivity index (χ4n) is 4.39. The van der Waals surface area contributed by atoms with Crippen LogP contribution in [0.15, 0.2) is 40.9 Å². The second-order valence-electron chi connectivity index (χ2n) is 6.98. The molecule has 3 aromatic rings. The summed E-state index contributed by atoms with van der Waals surface area (Å²) in [5, 5.41) is 4.78. The van der Waals surface area contributed by atoms with E-state index in [0.717, 1.165) is 39.9 Å². The highest BCUT2D eigenvalue weighted by molar-refractivity contribution is 9.10. The van der Waals surface area contributed by atoms with Gasteiger partial charge in [0.1, 0.15) is 0 Å². The summed E-state index contributed by atoms with van der Waals surface area (Å²) in [6.45, 7) is 2.88. The zero-order valence-electron chi connectivity index (χ0n) is 14.1. The molecule has 1 spiro atoms. The highest BCUT2D eigenvalue weighted by atomic mass is 79.9. The quantitative estimate of drug-likeness (QED) is 0.610. The van der Waals surface area contributed by atoms with Crippen LogP contribution in [0.2, 0.25) is 0 Å². The summed E-state index contributed by atoms with van der Waals surface area (Å²) >= 11 is 3.57. The Hall–Kier alpha value is -2.11. The van der Waals surface area contributed by atoms with Crippen LogP contribution >= 0.6 is 15.9 Å². The maximum absolute atomic E-state index is 13.4. The Morgan fingerprint density at radius 1 is 1.20 bits per heavy atom. The molecule has 4 nitrogen and oxygen atoms in total. The van der Waals surface area contributed by atoms with Crippen molar-refractivity contribution in [3.8, 4) is 0 Å². The number of carbonyl (C=O) groups excluding carboxylic acids is 1. The molecule has 1 amide bonds. The molecular weight excluding hydrogens is 378 g/mol. The molecule has 1 atom stereocenters. The molecule has 1 unspecified atom stereocenters. The number of hydrogen-bond acceptors (Lipinski definition) is 2. The number of nitrogens with zero attached hydrogens (tertiary/aromatic N) is 1. The normalized spacial score (nSPS) is 21.9. The summed E-state index contributed by atoms with van der Waals surface area (Å²) in [6.07, 6.45) is 0.918. The van der Waals surface area contributed by atoms with Crippen molar-refractivity contribution in [1.29, 1.82) is 0 Å².